The van der Waals surface area contributed by atoms with Gasteiger partial charge in [0.2, 0.25) is 0 Å². The molecule has 0 atom stereocenters. The van der Waals surface area contributed by atoms with E-state index in [1.54, 1.807) is 40.0 Å². The molecule has 0 bridgehead atoms. The number of rotatable bonds is 4. The quantitative estimate of drug-likeness (QED) is 0.752. The molecular formula is C15H14ClN5O. The van der Waals surface area contributed by atoms with Gasteiger partial charge in [-0.1, -0.05) is 17.7 Å². The van der Waals surface area contributed by atoms with Crippen LogP contribution in [0.2, 0.25) is 5.15 Å². The third kappa shape index (κ3) is 3.17. The molecule has 0 aromatic carbocycles. The Bertz CT molecular complexity index is 838. The van der Waals surface area contributed by atoms with E-state index in [9.17, 15) is 0 Å². The Morgan fingerprint density at radius 1 is 1.27 bits per heavy atom. The lowest BCUT2D eigenvalue weighted by atomic mass is 10.3. The average Bonchev–Trinajstić information content (AvgIpc) is 2.91. The lowest BCUT2D eigenvalue weighted by Gasteiger charge is -2.10. The highest BCUT2D eigenvalue weighted by Gasteiger charge is 2.05. The summed E-state index contributed by atoms with van der Waals surface area (Å²) in [5, 5.41) is 12.8. The molecule has 7 heteroatoms. The number of nitrogens with zero attached hydrogens (tertiary/aromatic N) is 4. The first-order valence-electron chi connectivity index (χ1n) is 6.63. The lowest BCUT2D eigenvalue weighted by molar-refractivity contribution is 0.462. The Morgan fingerprint density at radius 3 is 2.82 bits per heavy atom. The SMILES string of the molecule is Cn1cc(Oc2cccn(Cc3ccc(Cl)nc3)c2=N)cn1. The average molecular weight is 316 g/mol. The van der Waals surface area contributed by atoms with E-state index in [2.05, 4.69) is 10.1 Å². The van der Waals surface area contributed by atoms with Crippen molar-refractivity contribution in [2.45, 2.75) is 6.54 Å². The molecule has 3 heterocycles. The third-order valence-electron chi connectivity index (χ3n) is 3.08. The van der Waals surface area contributed by atoms with Crippen LogP contribution in [-0.4, -0.2) is 19.3 Å². The van der Waals surface area contributed by atoms with E-state index < -0.39 is 0 Å². The minimum Gasteiger partial charge on any atom is -0.450 e. The van der Waals surface area contributed by atoms with Crippen LogP contribution in [0.1, 0.15) is 5.56 Å². The van der Waals surface area contributed by atoms with E-state index in [4.69, 9.17) is 21.7 Å². The van der Waals surface area contributed by atoms with Crippen molar-refractivity contribution in [1.29, 1.82) is 5.41 Å². The third-order valence-corrected chi connectivity index (χ3v) is 3.31. The van der Waals surface area contributed by atoms with Gasteiger partial charge in [-0.15, -0.1) is 0 Å². The van der Waals surface area contributed by atoms with Crippen molar-refractivity contribution >= 4 is 11.6 Å². The molecule has 22 heavy (non-hydrogen) atoms. The molecule has 0 aliphatic carbocycles. The summed E-state index contributed by atoms with van der Waals surface area (Å²) in [6, 6.07) is 7.21. The molecule has 0 aliphatic rings. The summed E-state index contributed by atoms with van der Waals surface area (Å²) in [7, 11) is 1.81. The van der Waals surface area contributed by atoms with Crippen LogP contribution in [0, 0.1) is 5.41 Å². The molecule has 3 aromatic heterocycles. The van der Waals surface area contributed by atoms with Crippen LogP contribution in [0.3, 0.4) is 0 Å². The molecule has 1 N–H and O–H groups in total. The van der Waals surface area contributed by atoms with Crippen molar-refractivity contribution in [1.82, 2.24) is 19.3 Å². The molecular weight excluding hydrogens is 302 g/mol. The summed E-state index contributed by atoms with van der Waals surface area (Å²) in [6.07, 6.45) is 6.89. The molecule has 0 radical (unpaired) electrons. The van der Waals surface area contributed by atoms with Crippen molar-refractivity contribution in [2.75, 3.05) is 0 Å². The molecule has 6 nitrogen and oxygen atoms in total. The fraction of sp³-hybridized carbons (Fsp3) is 0.133. The van der Waals surface area contributed by atoms with E-state index in [-0.39, 0.29) is 5.49 Å². The Labute approximate surface area is 132 Å². The van der Waals surface area contributed by atoms with E-state index in [0.717, 1.165) is 5.56 Å². The van der Waals surface area contributed by atoms with Gasteiger partial charge in [-0.05, 0) is 23.8 Å². The first kappa shape index (κ1) is 14.3. The second-order valence-electron chi connectivity index (χ2n) is 4.79. The van der Waals surface area contributed by atoms with Crippen LogP contribution in [0.4, 0.5) is 0 Å². The molecule has 0 amide bonds. The summed E-state index contributed by atoms with van der Waals surface area (Å²) >= 11 is 5.78. The number of aryl methyl sites for hydroxylation is 1. The van der Waals surface area contributed by atoms with Gasteiger partial charge in [-0.3, -0.25) is 10.1 Å². The first-order valence-corrected chi connectivity index (χ1v) is 7.00. The molecule has 0 saturated carbocycles. The van der Waals surface area contributed by atoms with Crippen molar-refractivity contribution < 1.29 is 4.74 Å². The van der Waals surface area contributed by atoms with Gasteiger partial charge in [0.25, 0.3) is 0 Å². The fourth-order valence-electron chi connectivity index (χ4n) is 2.02. The normalized spacial score (nSPS) is 10.6. The maximum atomic E-state index is 8.26. The largest absolute Gasteiger partial charge is 0.450 e. The molecule has 0 spiro atoms. The Balaban J connectivity index is 1.85. The summed E-state index contributed by atoms with van der Waals surface area (Å²) in [5.74, 6) is 1.07. The number of aromatic nitrogens is 4. The molecule has 0 aliphatic heterocycles. The monoisotopic (exact) mass is 315 g/mol. The van der Waals surface area contributed by atoms with Crippen LogP contribution in [0.15, 0.2) is 49.1 Å². The van der Waals surface area contributed by atoms with Crippen molar-refractivity contribution in [3.05, 3.63) is 65.3 Å². The maximum absolute atomic E-state index is 8.26. The highest BCUT2D eigenvalue weighted by Crippen LogP contribution is 2.16. The van der Waals surface area contributed by atoms with Crippen molar-refractivity contribution in [3.8, 4) is 11.5 Å². The number of hydrogen-bond acceptors (Lipinski definition) is 4. The van der Waals surface area contributed by atoms with Crippen LogP contribution in [0.5, 0.6) is 11.5 Å². The van der Waals surface area contributed by atoms with Crippen molar-refractivity contribution in [3.63, 3.8) is 0 Å². The highest BCUT2D eigenvalue weighted by molar-refractivity contribution is 6.29. The molecule has 0 unspecified atom stereocenters. The second kappa shape index (κ2) is 6.03. The van der Waals surface area contributed by atoms with Gasteiger partial charge >= 0.3 is 0 Å². The van der Waals surface area contributed by atoms with E-state index in [1.807, 2.05) is 25.4 Å². The maximum Gasteiger partial charge on any atom is 0.169 e. The van der Waals surface area contributed by atoms with Gasteiger partial charge < -0.3 is 9.30 Å². The zero-order valence-corrected chi connectivity index (χ0v) is 12.7. The minimum atomic E-state index is 0.279. The summed E-state index contributed by atoms with van der Waals surface area (Å²) < 4.78 is 9.12. The van der Waals surface area contributed by atoms with Gasteiger partial charge in [0.1, 0.15) is 5.15 Å². The Morgan fingerprint density at radius 2 is 2.14 bits per heavy atom. The Kier molecular flexibility index (Phi) is 3.93. The number of ether oxygens (including phenoxy) is 1. The van der Waals surface area contributed by atoms with E-state index >= 15 is 0 Å². The van der Waals surface area contributed by atoms with Crippen molar-refractivity contribution in [2.24, 2.45) is 7.05 Å². The topological polar surface area (TPSA) is 68.7 Å². The minimum absolute atomic E-state index is 0.279. The predicted molar refractivity (Wildman–Crippen MR) is 81.9 cm³/mol. The zero-order chi connectivity index (χ0) is 15.5. The number of hydrogen-bond donors (Lipinski definition) is 1. The summed E-state index contributed by atoms with van der Waals surface area (Å²) in [5.41, 5.74) is 1.24. The van der Waals surface area contributed by atoms with Gasteiger partial charge in [-0.2, -0.15) is 5.10 Å². The van der Waals surface area contributed by atoms with E-state index in [0.29, 0.717) is 23.2 Å². The fourth-order valence-corrected chi connectivity index (χ4v) is 2.13. The predicted octanol–water partition coefficient (Wildman–Crippen LogP) is 2.59. The first-order chi connectivity index (χ1) is 10.6. The summed E-state index contributed by atoms with van der Waals surface area (Å²) in [4.78, 5) is 4.05. The van der Waals surface area contributed by atoms with Crippen LogP contribution < -0.4 is 10.2 Å². The van der Waals surface area contributed by atoms with Gasteiger partial charge in [0, 0.05) is 19.4 Å². The van der Waals surface area contributed by atoms with Gasteiger partial charge in [-0.25, -0.2) is 4.98 Å². The highest BCUT2D eigenvalue weighted by atomic mass is 35.5. The molecule has 0 saturated heterocycles. The van der Waals surface area contributed by atoms with Crippen LogP contribution in [0.25, 0.3) is 0 Å². The number of nitrogens with one attached hydrogen (secondary N) is 1. The van der Waals surface area contributed by atoms with Gasteiger partial charge in [0.05, 0.1) is 18.9 Å². The smallest absolute Gasteiger partial charge is 0.169 e. The molecule has 0 fully saturated rings. The van der Waals surface area contributed by atoms with Crippen LogP contribution >= 0.6 is 11.6 Å². The second-order valence-corrected chi connectivity index (χ2v) is 5.18. The van der Waals surface area contributed by atoms with Crippen LogP contribution in [-0.2, 0) is 13.6 Å². The lowest BCUT2D eigenvalue weighted by Crippen LogP contribution is -2.21. The number of pyridine rings is 2. The molecule has 3 aromatic rings. The zero-order valence-electron chi connectivity index (χ0n) is 11.9. The Hall–Kier alpha value is -2.60. The van der Waals surface area contributed by atoms with Gasteiger partial charge in [0.15, 0.2) is 17.0 Å². The number of halogens is 1. The standard InChI is InChI=1S/C15H14ClN5O/c1-20-10-12(8-19-20)22-13-3-2-6-21(15(13)17)9-11-4-5-14(16)18-7-11/h2-8,10,17H,9H2,1H3. The molecule has 112 valence electrons. The summed E-state index contributed by atoms with van der Waals surface area (Å²) in [6.45, 7) is 0.521. The molecule has 3 rings (SSSR count). The van der Waals surface area contributed by atoms with E-state index in [1.165, 1.54) is 0 Å².